The van der Waals surface area contributed by atoms with Crippen molar-refractivity contribution >= 4 is 17.7 Å². The summed E-state index contributed by atoms with van der Waals surface area (Å²) in [6, 6.07) is 3.27. The molecule has 1 aliphatic carbocycles. The molecule has 0 bridgehead atoms. The van der Waals surface area contributed by atoms with E-state index in [0.717, 1.165) is 0 Å². The number of nitrogens with zero attached hydrogens (tertiary/aromatic N) is 1. The fraction of sp³-hybridized carbons (Fsp3) is 0.400. The Bertz CT molecular complexity index is 727. The van der Waals surface area contributed by atoms with Crippen molar-refractivity contribution in [3.8, 4) is 0 Å². The second-order valence-corrected chi connectivity index (χ2v) is 6.61. The summed E-state index contributed by atoms with van der Waals surface area (Å²) in [7, 11) is 0. The number of Topliss-reactive ketones (excluding diaryl/α,β-unsaturated/α-hetero) is 1. The minimum absolute atomic E-state index is 0.0509. The van der Waals surface area contributed by atoms with Crippen LogP contribution < -0.4 is 0 Å². The largest absolute Gasteiger partial charge is 0.461 e. The van der Waals surface area contributed by atoms with E-state index in [1.165, 1.54) is 31.5 Å². The number of aromatic nitrogens is 1. The third-order valence-corrected chi connectivity index (χ3v) is 4.53. The zero-order valence-corrected chi connectivity index (χ0v) is 15.2. The number of pyridine rings is 1. The number of rotatable bonds is 7. The van der Waals surface area contributed by atoms with Gasteiger partial charge in [-0.2, -0.15) is 0 Å². The lowest BCUT2D eigenvalue weighted by atomic mass is 9.62. The first-order valence-electron chi connectivity index (χ1n) is 8.53. The maximum atomic E-state index is 12.7. The van der Waals surface area contributed by atoms with Gasteiger partial charge >= 0.3 is 11.9 Å². The summed E-state index contributed by atoms with van der Waals surface area (Å²) in [6.45, 7) is 8.24. The minimum atomic E-state index is -1.69. The Labute approximate surface area is 157 Å². The first-order chi connectivity index (χ1) is 12.8. The van der Waals surface area contributed by atoms with Crippen molar-refractivity contribution in [3.63, 3.8) is 0 Å². The molecule has 1 fully saturated rings. The molecule has 1 heterocycles. The second kappa shape index (κ2) is 8.73. The van der Waals surface area contributed by atoms with Gasteiger partial charge in [-0.1, -0.05) is 31.4 Å². The standard InChI is InChI=1S/C20H23NO6/c1-4-9-26-18(23)16-14(22)11-20(3,25)17(19(24)27-10-5-2)15(16)13-7-6-8-21-12-13/h4-8,12,15-17,25H,1-2,9-11H2,3H3. The minimum Gasteiger partial charge on any atom is -0.461 e. The van der Waals surface area contributed by atoms with E-state index in [-0.39, 0.29) is 19.6 Å². The average molecular weight is 373 g/mol. The van der Waals surface area contributed by atoms with Crippen molar-refractivity contribution < 1.29 is 29.0 Å². The first-order valence-corrected chi connectivity index (χ1v) is 8.53. The quantitative estimate of drug-likeness (QED) is 0.440. The van der Waals surface area contributed by atoms with Gasteiger partial charge in [-0.15, -0.1) is 0 Å². The van der Waals surface area contributed by atoms with Crippen LogP contribution in [-0.4, -0.2) is 46.6 Å². The van der Waals surface area contributed by atoms with Gasteiger partial charge in [0.05, 0.1) is 11.5 Å². The molecule has 0 radical (unpaired) electrons. The molecule has 0 spiro atoms. The highest BCUT2D eigenvalue weighted by atomic mass is 16.5. The summed E-state index contributed by atoms with van der Waals surface area (Å²) >= 11 is 0. The van der Waals surface area contributed by atoms with E-state index in [0.29, 0.717) is 5.56 Å². The van der Waals surface area contributed by atoms with Crippen molar-refractivity contribution in [1.29, 1.82) is 0 Å². The predicted octanol–water partition coefficient (Wildman–Crippen LogP) is 1.58. The fourth-order valence-corrected chi connectivity index (χ4v) is 3.45. The molecular formula is C20H23NO6. The third-order valence-electron chi connectivity index (χ3n) is 4.53. The Morgan fingerprint density at radius 3 is 2.48 bits per heavy atom. The van der Waals surface area contributed by atoms with Gasteiger partial charge in [-0.05, 0) is 18.6 Å². The number of ketones is 1. The van der Waals surface area contributed by atoms with Gasteiger partial charge in [0, 0.05) is 24.7 Å². The molecule has 144 valence electrons. The molecule has 7 nitrogen and oxygen atoms in total. The van der Waals surface area contributed by atoms with Crippen LogP contribution in [0.4, 0.5) is 0 Å². The molecule has 0 amide bonds. The summed E-state index contributed by atoms with van der Waals surface area (Å²) in [4.78, 5) is 42.0. The number of esters is 2. The smallest absolute Gasteiger partial charge is 0.317 e. The van der Waals surface area contributed by atoms with Crippen LogP contribution in [-0.2, 0) is 23.9 Å². The van der Waals surface area contributed by atoms with Crippen LogP contribution in [0.5, 0.6) is 0 Å². The molecule has 0 aromatic carbocycles. The van der Waals surface area contributed by atoms with E-state index in [1.807, 2.05) is 0 Å². The molecule has 2 rings (SSSR count). The number of carbonyl (C=O) groups is 3. The van der Waals surface area contributed by atoms with Crippen LogP contribution in [0.3, 0.4) is 0 Å². The zero-order chi connectivity index (χ0) is 20.0. The topological polar surface area (TPSA) is 103 Å². The van der Waals surface area contributed by atoms with Gasteiger partial charge in [0.2, 0.25) is 0 Å². The number of hydrogen-bond acceptors (Lipinski definition) is 7. The van der Waals surface area contributed by atoms with E-state index in [9.17, 15) is 19.5 Å². The maximum Gasteiger partial charge on any atom is 0.317 e. The molecule has 0 aliphatic heterocycles. The second-order valence-electron chi connectivity index (χ2n) is 6.61. The highest BCUT2D eigenvalue weighted by Gasteiger charge is 2.57. The zero-order valence-electron chi connectivity index (χ0n) is 15.2. The van der Waals surface area contributed by atoms with Gasteiger partial charge in [-0.3, -0.25) is 19.4 Å². The van der Waals surface area contributed by atoms with E-state index < -0.39 is 41.1 Å². The average Bonchev–Trinajstić information content (AvgIpc) is 2.63. The Balaban J connectivity index is 2.53. The molecule has 1 aromatic rings. The van der Waals surface area contributed by atoms with E-state index in [2.05, 4.69) is 18.1 Å². The molecule has 4 unspecified atom stereocenters. The van der Waals surface area contributed by atoms with Gasteiger partial charge in [0.25, 0.3) is 0 Å². The van der Waals surface area contributed by atoms with Crippen molar-refractivity contribution in [2.24, 2.45) is 11.8 Å². The van der Waals surface area contributed by atoms with Gasteiger partial charge in [0.15, 0.2) is 5.78 Å². The van der Waals surface area contributed by atoms with Crippen molar-refractivity contribution in [1.82, 2.24) is 4.98 Å². The Morgan fingerprint density at radius 2 is 1.93 bits per heavy atom. The van der Waals surface area contributed by atoms with Gasteiger partial charge in [0.1, 0.15) is 19.1 Å². The number of aliphatic hydroxyl groups is 1. The molecule has 27 heavy (non-hydrogen) atoms. The number of hydrogen-bond donors (Lipinski definition) is 1. The highest BCUT2D eigenvalue weighted by molar-refractivity contribution is 6.02. The van der Waals surface area contributed by atoms with Crippen LogP contribution in [0.1, 0.15) is 24.8 Å². The lowest BCUT2D eigenvalue weighted by molar-refractivity contribution is -0.172. The Kier molecular flexibility index (Phi) is 6.63. The Morgan fingerprint density at radius 1 is 1.30 bits per heavy atom. The lowest BCUT2D eigenvalue weighted by Gasteiger charge is -2.43. The van der Waals surface area contributed by atoms with Crippen LogP contribution in [0.25, 0.3) is 0 Å². The highest BCUT2D eigenvalue weighted by Crippen LogP contribution is 2.46. The van der Waals surface area contributed by atoms with Crippen molar-refractivity contribution in [3.05, 3.63) is 55.4 Å². The summed E-state index contributed by atoms with van der Waals surface area (Å²) in [5.41, 5.74) is -1.22. The molecule has 4 atom stereocenters. The normalized spacial score (nSPS) is 27.5. The predicted molar refractivity (Wildman–Crippen MR) is 96.5 cm³/mol. The molecule has 1 saturated carbocycles. The summed E-state index contributed by atoms with van der Waals surface area (Å²) in [6.07, 6.45) is 5.40. The van der Waals surface area contributed by atoms with E-state index in [1.54, 1.807) is 12.1 Å². The van der Waals surface area contributed by atoms with Crippen LogP contribution in [0.2, 0.25) is 0 Å². The summed E-state index contributed by atoms with van der Waals surface area (Å²) in [5, 5.41) is 10.8. The lowest BCUT2D eigenvalue weighted by Crippen LogP contribution is -2.55. The summed E-state index contributed by atoms with van der Waals surface area (Å²) < 4.78 is 10.2. The monoisotopic (exact) mass is 373 g/mol. The first kappa shape index (κ1) is 20.5. The van der Waals surface area contributed by atoms with Crippen LogP contribution >= 0.6 is 0 Å². The number of ether oxygens (including phenoxy) is 2. The molecule has 7 heteroatoms. The molecule has 1 aromatic heterocycles. The molecular weight excluding hydrogens is 350 g/mol. The molecule has 0 saturated heterocycles. The Hall–Kier alpha value is -2.80. The van der Waals surface area contributed by atoms with Crippen molar-refractivity contribution in [2.45, 2.75) is 24.9 Å². The summed E-state index contributed by atoms with van der Waals surface area (Å²) in [5.74, 6) is -5.37. The van der Waals surface area contributed by atoms with Crippen LogP contribution in [0, 0.1) is 11.8 Å². The number of carbonyl (C=O) groups excluding carboxylic acids is 3. The van der Waals surface area contributed by atoms with Gasteiger partial charge < -0.3 is 14.6 Å². The third kappa shape index (κ3) is 4.49. The van der Waals surface area contributed by atoms with Crippen LogP contribution in [0.15, 0.2) is 49.8 Å². The van der Waals surface area contributed by atoms with E-state index >= 15 is 0 Å². The molecule has 1 N–H and O–H groups in total. The molecule has 1 aliphatic rings. The van der Waals surface area contributed by atoms with Gasteiger partial charge in [-0.25, -0.2) is 0 Å². The maximum absolute atomic E-state index is 12.7. The van der Waals surface area contributed by atoms with Crippen molar-refractivity contribution in [2.75, 3.05) is 13.2 Å². The fourth-order valence-electron chi connectivity index (χ4n) is 3.45. The SMILES string of the molecule is C=CCOC(=O)C1C(=O)CC(C)(O)C(C(=O)OCC=C)C1c1cccnc1. The van der Waals surface area contributed by atoms with E-state index in [4.69, 9.17) is 9.47 Å².